The number of amides is 1. The summed E-state index contributed by atoms with van der Waals surface area (Å²) in [5.41, 5.74) is 4.76. The molecule has 4 rings (SSSR count). The van der Waals surface area contributed by atoms with Gasteiger partial charge in [0.25, 0.3) is 0 Å². The van der Waals surface area contributed by atoms with Crippen molar-refractivity contribution in [1.82, 2.24) is 15.2 Å². The normalized spacial score (nSPS) is 10.9. The number of carbonyl (C=O) groups excluding carboxylic acids is 2. The number of hydrogen-bond donors (Lipinski definition) is 1. The molecule has 36 heavy (non-hydrogen) atoms. The van der Waals surface area contributed by atoms with E-state index in [0.29, 0.717) is 35.2 Å². The number of nitrogens with zero attached hydrogens (tertiary/aromatic N) is 3. The first-order valence-electron chi connectivity index (χ1n) is 11.5. The number of aryl methyl sites for hydroxylation is 2. The Kier molecular flexibility index (Phi) is 8.50. The van der Waals surface area contributed by atoms with Crippen molar-refractivity contribution in [1.29, 1.82) is 0 Å². The molecule has 0 aliphatic carbocycles. The van der Waals surface area contributed by atoms with Gasteiger partial charge in [-0.05, 0) is 73.0 Å². The van der Waals surface area contributed by atoms with Gasteiger partial charge in [-0.1, -0.05) is 18.7 Å². The van der Waals surface area contributed by atoms with Crippen LogP contribution in [0.25, 0.3) is 21.1 Å². The van der Waals surface area contributed by atoms with Crippen LogP contribution in [0.5, 0.6) is 5.75 Å². The minimum Gasteiger partial charge on any atom is -0.492 e. The van der Waals surface area contributed by atoms with E-state index in [1.54, 1.807) is 47.8 Å². The summed E-state index contributed by atoms with van der Waals surface area (Å²) in [7, 11) is 0. The molecular weight excluding hydrogens is 513 g/mol. The number of Topliss-reactive ketones (excluding diaryl/α,β-unsaturated/α-hetero) is 1. The number of benzene rings is 1. The maximum absolute atomic E-state index is 13.0. The Morgan fingerprint density at radius 3 is 2.28 bits per heavy atom. The van der Waals surface area contributed by atoms with Gasteiger partial charge in [-0.15, -0.1) is 32.9 Å². The lowest BCUT2D eigenvalue weighted by Gasteiger charge is -2.12. The SMILES string of the molecule is CCOc1ccc(C(=O)CSc2nnc(-c3sccc3C)c(-c3sccc3C)n2)cc1NC(=O)CC. The molecule has 10 heteroatoms. The first kappa shape index (κ1) is 26.0. The fraction of sp³-hybridized carbons (Fsp3) is 0.269. The van der Waals surface area contributed by atoms with E-state index >= 15 is 0 Å². The zero-order chi connectivity index (χ0) is 25.7. The van der Waals surface area contributed by atoms with Crippen LogP contribution in [0.1, 0.15) is 41.8 Å². The average molecular weight is 539 g/mol. The summed E-state index contributed by atoms with van der Waals surface area (Å²) in [6.45, 7) is 8.19. The summed E-state index contributed by atoms with van der Waals surface area (Å²) in [6, 6.07) is 9.19. The third-order valence-corrected chi connectivity index (χ3v) is 8.23. The second-order valence-corrected chi connectivity index (χ2v) is 10.7. The van der Waals surface area contributed by atoms with Gasteiger partial charge in [0.15, 0.2) is 5.78 Å². The lowest BCUT2D eigenvalue weighted by molar-refractivity contribution is -0.115. The van der Waals surface area contributed by atoms with Gasteiger partial charge in [-0.2, -0.15) is 0 Å². The van der Waals surface area contributed by atoms with E-state index in [9.17, 15) is 9.59 Å². The van der Waals surface area contributed by atoms with Crippen molar-refractivity contribution in [2.75, 3.05) is 17.7 Å². The molecule has 0 bridgehead atoms. The molecule has 3 aromatic heterocycles. The Bertz CT molecular complexity index is 1400. The molecule has 0 unspecified atom stereocenters. The van der Waals surface area contributed by atoms with E-state index in [-0.39, 0.29) is 17.4 Å². The third kappa shape index (κ3) is 5.83. The summed E-state index contributed by atoms with van der Waals surface area (Å²) in [5, 5.41) is 16.2. The van der Waals surface area contributed by atoms with Crippen LogP contribution in [0.4, 0.5) is 5.69 Å². The molecular formula is C26H26N4O3S3. The maximum atomic E-state index is 13.0. The molecule has 1 N–H and O–H groups in total. The predicted molar refractivity (Wildman–Crippen MR) is 148 cm³/mol. The number of ether oxygens (including phenoxy) is 1. The number of thiophene rings is 2. The standard InChI is InChI=1S/C26H26N4O3S3/c1-5-21(32)27-18-13-17(7-8-20(18)33-6-2)19(31)14-36-26-28-22(24-15(3)9-11-34-24)23(29-30-26)25-16(4)10-12-35-25/h7-13H,5-6,14H2,1-4H3,(H,27,32). The Labute approximate surface area is 222 Å². The predicted octanol–water partition coefficient (Wildman–Crippen LogP) is 6.67. The summed E-state index contributed by atoms with van der Waals surface area (Å²) in [5.74, 6) is 0.417. The van der Waals surface area contributed by atoms with Gasteiger partial charge in [0.2, 0.25) is 11.1 Å². The van der Waals surface area contributed by atoms with E-state index in [0.717, 1.165) is 32.3 Å². The smallest absolute Gasteiger partial charge is 0.224 e. The zero-order valence-corrected chi connectivity index (χ0v) is 22.9. The number of hydrogen-bond acceptors (Lipinski definition) is 9. The first-order valence-corrected chi connectivity index (χ1v) is 14.2. The van der Waals surface area contributed by atoms with Gasteiger partial charge in [-0.3, -0.25) is 9.59 Å². The van der Waals surface area contributed by atoms with Gasteiger partial charge in [0.05, 0.1) is 27.8 Å². The number of thioether (sulfide) groups is 1. The van der Waals surface area contributed by atoms with Crippen LogP contribution in [0.15, 0.2) is 46.2 Å². The molecule has 7 nitrogen and oxygen atoms in total. The van der Waals surface area contributed by atoms with Crippen LogP contribution in [0.3, 0.4) is 0 Å². The Balaban J connectivity index is 1.58. The van der Waals surface area contributed by atoms with Crippen LogP contribution in [-0.2, 0) is 4.79 Å². The van der Waals surface area contributed by atoms with Crippen molar-refractivity contribution in [3.8, 4) is 26.9 Å². The van der Waals surface area contributed by atoms with Gasteiger partial charge in [0.1, 0.15) is 17.1 Å². The van der Waals surface area contributed by atoms with E-state index in [1.807, 2.05) is 24.6 Å². The Hall–Kier alpha value is -3.08. The number of anilines is 1. The minimum absolute atomic E-state index is 0.106. The molecule has 0 radical (unpaired) electrons. The third-order valence-electron chi connectivity index (χ3n) is 5.35. The van der Waals surface area contributed by atoms with Gasteiger partial charge in [0, 0.05) is 12.0 Å². The molecule has 4 aromatic rings. The molecule has 0 saturated carbocycles. The Morgan fingerprint density at radius 2 is 1.67 bits per heavy atom. The molecule has 3 heterocycles. The minimum atomic E-state index is -0.146. The highest BCUT2D eigenvalue weighted by Crippen LogP contribution is 2.38. The Morgan fingerprint density at radius 1 is 0.972 bits per heavy atom. The monoisotopic (exact) mass is 538 g/mol. The van der Waals surface area contributed by atoms with Crippen molar-refractivity contribution in [2.24, 2.45) is 0 Å². The lowest BCUT2D eigenvalue weighted by Crippen LogP contribution is -2.12. The molecule has 0 aliphatic rings. The van der Waals surface area contributed by atoms with Crippen molar-refractivity contribution >= 4 is 51.8 Å². The second-order valence-electron chi connectivity index (χ2n) is 7.91. The maximum Gasteiger partial charge on any atom is 0.224 e. The molecule has 186 valence electrons. The van der Waals surface area contributed by atoms with Crippen LogP contribution in [0.2, 0.25) is 0 Å². The summed E-state index contributed by atoms with van der Waals surface area (Å²) >= 11 is 4.47. The van der Waals surface area contributed by atoms with E-state index in [1.165, 1.54) is 11.8 Å². The summed E-state index contributed by atoms with van der Waals surface area (Å²) < 4.78 is 5.60. The fourth-order valence-corrected chi connectivity index (χ4v) is 5.96. The lowest BCUT2D eigenvalue weighted by atomic mass is 10.1. The molecule has 0 atom stereocenters. The molecule has 0 saturated heterocycles. The molecule has 1 aromatic carbocycles. The second kappa shape index (κ2) is 11.8. The summed E-state index contributed by atoms with van der Waals surface area (Å²) in [4.78, 5) is 31.9. The van der Waals surface area contributed by atoms with Crippen LogP contribution in [0, 0.1) is 13.8 Å². The van der Waals surface area contributed by atoms with Crippen LogP contribution in [-0.4, -0.2) is 39.2 Å². The molecule has 0 spiro atoms. The number of carbonyl (C=O) groups is 2. The van der Waals surface area contributed by atoms with Gasteiger partial charge in [-0.25, -0.2) is 4.98 Å². The highest BCUT2D eigenvalue weighted by Gasteiger charge is 2.20. The largest absolute Gasteiger partial charge is 0.492 e. The highest BCUT2D eigenvalue weighted by molar-refractivity contribution is 7.99. The number of aromatic nitrogens is 3. The van der Waals surface area contributed by atoms with Crippen molar-refractivity contribution < 1.29 is 14.3 Å². The van der Waals surface area contributed by atoms with Crippen molar-refractivity contribution in [3.63, 3.8) is 0 Å². The number of nitrogens with one attached hydrogen (secondary N) is 1. The van der Waals surface area contributed by atoms with Crippen molar-refractivity contribution in [3.05, 3.63) is 57.8 Å². The topological polar surface area (TPSA) is 94.1 Å². The van der Waals surface area contributed by atoms with E-state index < -0.39 is 0 Å². The number of ketones is 1. The van der Waals surface area contributed by atoms with Gasteiger partial charge >= 0.3 is 0 Å². The summed E-state index contributed by atoms with van der Waals surface area (Å²) in [6.07, 6.45) is 0.330. The number of rotatable bonds is 10. The highest BCUT2D eigenvalue weighted by atomic mass is 32.2. The first-order chi connectivity index (χ1) is 17.4. The molecule has 1 amide bonds. The molecule has 0 aliphatic heterocycles. The van der Waals surface area contributed by atoms with E-state index in [2.05, 4.69) is 34.6 Å². The zero-order valence-electron chi connectivity index (χ0n) is 20.5. The van der Waals surface area contributed by atoms with Gasteiger partial charge < -0.3 is 10.1 Å². The average Bonchev–Trinajstić information content (AvgIpc) is 3.51. The van der Waals surface area contributed by atoms with Crippen LogP contribution < -0.4 is 10.1 Å². The molecule has 0 fully saturated rings. The van der Waals surface area contributed by atoms with Crippen LogP contribution >= 0.6 is 34.4 Å². The fourth-order valence-electron chi connectivity index (χ4n) is 3.45. The van der Waals surface area contributed by atoms with Crippen molar-refractivity contribution in [2.45, 2.75) is 39.3 Å². The van der Waals surface area contributed by atoms with E-state index in [4.69, 9.17) is 9.72 Å². The quantitative estimate of drug-likeness (QED) is 0.178.